The summed E-state index contributed by atoms with van der Waals surface area (Å²) >= 11 is 0. The van der Waals surface area contributed by atoms with Crippen LogP contribution in [0.25, 0.3) is 0 Å². The molecule has 0 bridgehead atoms. The largest absolute Gasteiger partial charge is 0.444 e. The van der Waals surface area contributed by atoms with Gasteiger partial charge in [-0.25, -0.2) is 14.8 Å². The van der Waals surface area contributed by atoms with E-state index in [2.05, 4.69) is 9.88 Å². The number of rotatable bonds is 1. The molecule has 3 aliphatic rings. The van der Waals surface area contributed by atoms with E-state index in [1.165, 1.54) is 0 Å². The van der Waals surface area contributed by atoms with Gasteiger partial charge in [-0.3, -0.25) is 0 Å². The Morgan fingerprint density at radius 2 is 2.08 bits per heavy atom. The number of hydrogen-bond acceptors (Lipinski definition) is 6. The van der Waals surface area contributed by atoms with Crippen molar-refractivity contribution in [2.45, 2.75) is 39.3 Å². The highest BCUT2D eigenvalue weighted by Crippen LogP contribution is 2.39. The maximum absolute atomic E-state index is 12.3. The van der Waals surface area contributed by atoms with Crippen molar-refractivity contribution in [3.05, 3.63) is 17.5 Å². The smallest absolute Gasteiger partial charge is 0.410 e. The van der Waals surface area contributed by atoms with Gasteiger partial charge in [0.25, 0.3) is 0 Å². The zero-order chi connectivity index (χ0) is 16.9. The van der Waals surface area contributed by atoms with E-state index in [1.807, 2.05) is 27.0 Å². The first kappa shape index (κ1) is 15.6. The van der Waals surface area contributed by atoms with Crippen molar-refractivity contribution in [2.75, 3.05) is 37.7 Å². The molecule has 1 amide bonds. The van der Waals surface area contributed by atoms with Crippen LogP contribution in [0.4, 0.5) is 10.7 Å². The molecule has 0 N–H and O–H groups in total. The Labute approximate surface area is 142 Å². The number of hydrogen-bond donors (Lipinski definition) is 0. The minimum absolute atomic E-state index is 0.275. The second-order valence-electron chi connectivity index (χ2n) is 8.14. The van der Waals surface area contributed by atoms with E-state index < -0.39 is 5.60 Å². The van der Waals surface area contributed by atoms with Crippen molar-refractivity contribution in [3.8, 4) is 0 Å². The predicted octanol–water partition coefficient (Wildman–Crippen LogP) is 1.61. The summed E-state index contributed by atoms with van der Waals surface area (Å²) in [4.78, 5) is 25.4. The number of aromatic nitrogens is 2. The van der Waals surface area contributed by atoms with Crippen molar-refractivity contribution >= 4 is 12.0 Å². The van der Waals surface area contributed by atoms with Crippen LogP contribution in [-0.4, -0.2) is 59.4 Å². The maximum atomic E-state index is 12.3. The summed E-state index contributed by atoms with van der Waals surface area (Å²) in [6.07, 6.45) is 2.40. The van der Waals surface area contributed by atoms with Gasteiger partial charge in [0.1, 0.15) is 5.60 Å². The number of nitrogens with zero attached hydrogens (tertiary/aromatic N) is 4. The lowest BCUT2D eigenvalue weighted by Gasteiger charge is -2.54. The number of amides is 1. The van der Waals surface area contributed by atoms with Crippen LogP contribution in [-0.2, 0) is 22.4 Å². The standard InChI is InChI=1S/C17H24N4O3/c1-16(2,3)24-15(22)20-5-4-12-6-18-14(19-13(12)7-20)21-8-17(9-21)10-23-11-17/h6H,4-5,7-11H2,1-3H3. The molecule has 0 aliphatic carbocycles. The fraction of sp³-hybridized carbons (Fsp3) is 0.706. The number of anilines is 1. The first-order chi connectivity index (χ1) is 11.3. The van der Waals surface area contributed by atoms with E-state index >= 15 is 0 Å². The Morgan fingerprint density at radius 1 is 1.33 bits per heavy atom. The molecule has 7 heteroatoms. The molecule has 0 unspecified atom stereocenters. The van der Waals surface area contributed by atoms with Gasteiger partial charge in [-0.2, -0.15) is 0 Å². The van der Waals surface area contributed by atoms with Crippen molar-refractivity contribution in [1.82, 2.24) is 14.9 Å². The van der Waals surface area contributed by atoms with Gasteiger partial charge in [0.15, 0.2) is 0 Å². The highest BCUT2D eigenvalue weighted by molar-refractivity contribution is 5.68. The first-order valence-electron chi connectivity index (χ1n) is 8.49. The average molecular weight is 332 g/mol. The van der Waals surface area contributed by atoms with Crippen LogP contribution in [0.5, 0.6) is 0 Å². The maximum Gasteiger partial charge on any atom is 0.410 e. The molecule has 24 heavy (non-hydrogen) atoms. The molecule has 7 nitrogen and oxygen atoms in total. The third kappa shape index (κ3) is 2.81. The van der Waals surface area contributed by atoms with Gasteiger partial charge in [-0.05, 0) is 32.8 Å². The van der Waals surface area contributed by atoms with Crippen molar-refractivity contribution < 1.29 is 14.3 Å². The number of ether oxygens (including phenoxy) is 2. The lowest BCUT2D eigenvalue weighted by molar-refractivity contribution is -0.127. The first-order valence-corrected chi connectivity index (χ1v) is 8.49. The second-order valence-corrected chi connectivity index (χ2v) is 8.14. The van der Waals surface area contributed by atoms with Gasteiger partial charge >= 0.3 is 6.09 Å². The highest BCUT2D eigenvalue weighted by Gasteiger charge is 2.50. The van der Waals surface area contributed by atoms with Crippen LogP contribution in [0.3, 0.4) is 0 Å². The molecule has 2 fully saturated rings. The molecule has 4 heterocycles. The lowest BCUT2D eigenvalue weighted by atomic mass is 9.78. The molecule has 4 rings (SSSR count). The SMILES string of the molecule is CC(C)(C)OC(=O)N1CCc2cnc(N3CC4(COC4)C3)nc2C1. The Bertz CT molecular complexity index is 658. The monoisotopic (exact) mass is 332 g/mol. The number of carbonyl (C=O) groups is 1. The molecule has 1 aromatic rings. The van der Waals surface area contributed by atoms with E-state index in [4.69, 9.17) is 14.5 Å². The third-order valence-electron chi connectivity index (χ3n) is 4.74. The molecule has 2 saturated heterocycles. The third-order valence-corrected chi connectivity index (χ3v) is 4.74. The van der Waals surface area contributed by atoms with Crippen molar-refractivity contribution in [1.29, 1.82) is 0 Å². The van der Waals surface area contributed by atoms with Crippen molar-refractivity contribution in [2.24, 2.45) is 5.41 Å². The lowest BCUT2D eigenvalue weighted by Crippen LogP contribution is -2.66. The molecule has 0 atom stereocenters. The Balaban J connectivity index is 1.44. The summed E-state index contributed by atoms with van der Waals surface area (Å²) in [6.45, 7) is 10.4. The summed E-state index contributed by atoms with van der Waals surface area (Å²) in [5.74, 6) is 0.761. The zero-order valence-corrected chi connectivity index (χ0v) is 14.5. The van der Waals surface area contributed by atoms with E-state index in [0.717, 1.165) is 49.9 Å². The van der Waals surface area contributed by atoms with Crippen LogP contribution in [0.15, 0.2) is 6.20 Å². The van der Waals surface area contributed by atoms with E-state index in [9.17, 15) is 4.79 Å². The number of carbonyl (C=O) groups excluding carboxylic acids is 1. The summed E-state index contributed by atoms with van der Waals surface area (Å²) in [5.41, 5.74) is 1.91. The van der Waals surface area contributed by atoms with E-state index in [-0.39, 0.29) is 6.09 Å². The van der Waals surface area contributed by atoms with Gasteiger partial charge in [-0.15, -0.1) is 0 Å². The van der Waals surface area contributed by atoms with Gasteiger partial charge in [-0.1, -0.05) is 0 Å². The van der Waals surface area contributed by atoms with Crippen molar-refractivity contribution in [3.63, 3.8) is 0 Å². The summed E-state index contributed by atoms with van der Waals surface area (Å²) in [7, 11) is 0. The normalized spacial score (nSPS) is 21.8. The summed E-state index contributed by atoms with van der Waals surface area (Å²) in [6, 6.07) is 0. The van der Waals surface area contributed by atoms with Crippen LogP contribution in [0.2, 0.25) is 0 Å². The second kappa shape index (κ2) is 5.31. The predicted molar refractivity (Wildman–Crippen MR) is 87.8 cm³/mol. The molecule has 3 aliphatic heterocycles. The fourth-order valence-corrected chi connectivity index (χ4v) is 3.41. The summed E-state index contributed by atoms with van der Waals surface area (Å²) < 4.78 is 10.8. The van der Waals surface area contributed by atoms with Gasteiger partial charge in [0.05, 0.1) is 30.9 Å². The van der Waals surface area contributed by atoms with E-state index in [1.54, 1.807) is 4.90 Å². The summed E-state index contributed by atoms with van der Waals surface area (Å²) in [5, 5.41) is 0. The molecule has 0 aromatic carbocycles. The quantitative estimate of drug-likeness (QED) is 0.778. The van der Waals surface area contributed by atoms with Crippen LogP contribution in [0, 0.1) is 5.41 Å². The minimum atomic E-state index is -0.481. The molecular weight excluding hydrogens is 308 g/mol. The fourth-order valence-electron chi connectivity index (χ4n) is 3.41. The molecule has 0 saturated carbocycles. The Morgan fingerprint density at radius 3 is 2.71 bits per heavy atom. The van der Waals surface area contributed by atoms with Crippen LogP contribution in [0.1, 0.15) is 32.0 Å². The van der Waals surface area contributed by atoms with Gasteiger partial charge in [0.2, 0.25) is 5.95 Å². The molecular formula is C17H24N4O3. The zero-order valence-electron chi connectivity index (χ0n) is 14.5. The van der Waals surface area contributed by atoms with Gasteiger partial charge in [0, 0.05) is 25.8 Å². The Hall–Kier alpha value is -1.89. The molecule has 130 valence electrons. The Kier molecular flexibility index (Phi) is 3.46. The van der Waals surface area contributed by atoms with Crippen LogP contribution >= 0.6 is 0 Å². The highest BCUT2D eigenvalue weighted by atomic mass is 16.6. The molecule has 0 radical (unpaired) electrons. The number of fused-ring (bicyclic) bond motifs is 1. The topological polar surface area (TPSA) is 67.8 Å². The average Bonchev–Trinajstić information content (AvgIpc) is 2.41. The van der Waals surface area contributed by atoms with Crippen LogP contribution < -0.4 is 4.90 Å². The minimum Gasteiger partial charge on any atom is -0.444 e. The molecule has 1 spiro atoms. The van der Waals surface area contributed by atoms with Gasteiger partial charge < -0.3 is 19.3 Å². The van der Waals surface area contributed by atoms with E-state index in [0.29, 0.717) is 18.5 Å². The molecule has 1 aromatic heterocycles.